The number of hydrogen-bond donors (Lipinski definition) is 1. The van der Waals surface area contributed by atoms with Crippen molar-refractivity contribution in [1.29, 1.82) is 0 Å². The number of aryl methyl sites for hydroxylation is 1. The average Bonchev–Trinajstić information content (AvgIpc) is 2.98. The van der Waals surface area contributed by atoms with Crippen LogP contribution in [0.15, 0.2) is 41.8 Å². The summed E-state index contributed by atoms with van der Waals surface area (Å²) in [4.78, 5) is 14.6. The molecule has 0 bridgehead atoms. The molecule has 3 nitrogen and oxygen atoms in total. The molecule has 0 aliphatic heterocycles. The molecule has 0 unspecified atom stereocenters. The molecule has 2 aromatic rings. The Morgan fingerprint density at radius 2 is 2.00 bits per heavy atom. The number of anilines is 1. The lowest BCUT2D eigenvalue weighted by molar-refractivity contribution is 0.0997. The van der Waals surface area contributed by atoms with Crippen molar-refractivity contribution in [1.82, 2.24) is 0 Å². The molecule has 0 fully saturated rings. The number of hydrogen-bond acceptors (Lipinski definition) is 3. The smallest absolute Gasteiger partial charge is 0.268 e. The second kappa shape index (κ2) is 6.50. The van der Waals surface area contributed by atoms with Gasteiger partial charge in [0.25, 0.3) is 5.91 Å². The van der Waals surface area contributed by atoms with Crippen LogP contribution in [0.4, 0.5) is 5.69 Å². The van der Waals surface area contributed by atoms with E-state index in [1.54, 1.807) is 11.9 Å². The van der Waals surface area contributed by atoms with Crippen LogP contribution in [0, 0.1) is 0 Å². The molecule has 1 aromatic carbocycles. The van der Waals surface area contributed by atoms with Gasteiger partial charge >= 0.3 is 0 Å². The highest BCUT2D eigenvalue weighted by Crippen LogP contribution is 2.19. The van der Waals surface area contributed by atoms with Crippen molar-refractivity contribution in [2.24, 2.45) is 5.73 Å². The van der Waals surface area contributed by atoms with E-state index in [0.717, 1.165) is 23.4 Å². The molecular formula is C15H18N2OS. The molecule has 0 spiro atoms. The standard InChI is InChI=1S/C15H18N2OS/c1-17(15(18)14-5-3-11-19-14)13-8-6-12(7-9-13)4-2-10-16/h3,5-9,11H,2,4,10,16H2,1H3. The number of carbonyl (C=O) groups excluding carboxylic acids is 1. The van der Waals surface area contributed by atoms with Crippen LogP contribution in [0.3, 0.4) is 0 Å². The first-order valence-electron chi connectivity index (χ1n) is 6.33. The second-order valence-electron chi connectivity index (χ2n) is 4.40. The summed E-state index contributed by atoms with van der Waals surface area (Å²) in [5, 5.41) is 1.91. The van der Waals surface area contributed by atoms with Crippen molar-refractivity contribution in [2.75, 3.05) is 18.5 Å². The molecule has 2 N–H and O–H groups in total. The molecular weight excluding hydrogens is 256 g/mol. The fraction of sp³-hybridized carbons (Fsp3) is 0.267. The van der Waals surface area contributed by atoms with Crippen molar-refractivity contribution in [3.63, 3.8) is 0 Å². The predicted molar refractivity (Wildman–Crippen MR) is 80.9 cm³/mol. The molecule has 4 heteroatoms. The second-order valence-corrected chi connectivity index (χ2v) is 5.35. The maximum absolute atomic E-state index is 12.2. The zero-order valence-corrected chi connectivity index (χ0v) is 11.8. The van der Waals surface area contributed by atoms with E-state index in [1.165, 1.54) is 16.9 Å². The number of carbonyl (C=O) groups is 1. The van der Waals surface area contributed by atoms with Crippen LogP contribution >= 0.6 is 11.3 Å². The van der Waals surface area contributed by atoms with Gasteiger partial charge in [0.1, 0.15) is 0 Å². The number of rotatable bonds is 5. The van der Waals surface area contributed by atoms with Gasteiger partial charge in [0.15, 0.2) is 0 Å². The van der Waals surface area contributed by atoms with Crippen LogP contribution in [0.2, 0.25) is 0 Å². The minimum atomic E-state index is 0.0321. The zero-order chi connectivity index (χ0) is 13.7. The van der Waals surface area contributed by atoms with Crippen molar-refractivity contribution < 1.29 is 4.79 Å². The zero-order valence-electron chi connectivity index (χ0n) is 11.0. The van der Waals surface area contributed by atoms with E-state index in [2.05, 4.69) is 12.1 Å². The van der Waals surface area contributed by atoms with Crippen molar-refractivity contribution in [3.8, 4) is 0 Å². The van der Waals surface area contributed by atoms with Gasteiger partial charge in [-0.2, -0.15) is 0 Å². The topological polar surface area (TPSA) is 46.3 Å². The first-order valence-corrected chi connectivity index (χ1v) is 7.21. The highest BCUT2D eigenvalue weighted by atomic mass is 32.1. The molecule has 0 saturated carbocycles. The van der Waals surface area contributed by atoms with E-state index >= 15 is 0 Å². The van der Waals surface area contributed by atoms with Crippen LogP contribution in [-0.2, 0) is 6.42 Å². The molecule has 1 amide bonds. The minimum Gasteiger partial charge on any atom is -0.330 e. The van der Waals surface area contributed by atoms with Crippen LogP contribution in [-0.4, -0.2) is 19.5 Å². The van der Waals surface area contributed by atoms with E-state index in [1.807, 2.05) is 29.6 Å². The molecule has 0 aliphatic carbocycles. The fourth-order valence-corrected chi connectivity index (χ4v) is 2.57. The summed E-state index contributed by atoms with van der Waals surface area (Å²) >= 11 is 1.46. The average molecular weight is 274 g/mol. The lowest BCUT2D eigenvalue weighted by atomic mass is 10.1. The van der Waals surface area contributed by atoms with Gasteiger partial charge in [0.2, 0.25) is 0 Å². The van der Waals surface area contributed by atoms with Gasteiger partial charge in [0.05, 0.1) is 4.88 Å². The van der Waals surface area contributed by atoms with Gasteiger partial charge in [-0.1, -0.05) is 18.2 Å². The predicted octanol–water partition coefficient (Wildman–Crippen LogP) is 2.92. The molecule has 0 radical (unpaired) electrons. The summed E-state index contributed by atoms with van der Waals surface area (Å²) in [5.74, 6) is 0.0321. The van der Waals surface area contributed by atoms with Gasteiger partial charge < -0.3 is 10.6 Å². The molecule has 19 heavy (non-hydrogen) atoms. The van der Waals surface area contributed by atoms with Crippen molar-refractivity contribution >= 4 is 22.9 Å². The van der Waals surface area contributed by atoms with E-state index in [-0.39, 0.29) is 5.91 Å². The Hall–Kier alpha value is -1.65. The first-order chi connectivity index (χ1) is 9.22. The van der Waals surface area contributed by atoms with Gasteiger partial charge in [-0.15, -0.1) is 11.3 Å². The summed E-state index contributed by atoms with van der Waals surface area (Å²) in [6.07, 6.45) is 1.97. The monoisotopic (exact) mass is 274 g/mol. The van der Waals surface area contributed by atoms with Gasteiger partial charge in [-0.3, -0.25) is 4.79 Å². The normalized spacial score (nSPS) is 10.4. The molecule has 1 aromatic heterocycles. The largest absolute Gasteiger partial charge is 0.330 e. The highest BCUT2D eigenvalue weighted by molar-refractivity contribution is 7.12. The quantitative estimate of drug-likeness (QED) is 0.911. The molecule has 0 aliphatic rings. The Morgan fingerprint density at radius 3 is 2.58 bits per heavy atom. The molecule has 0 atom stereocenters. The summed E-state index contributed by atoms with van der Waals surface area (Å²) in [7, 11) is 1.80. The SMILES string of the molecule is CN(C(=O)c1cccs1)c1ccc(CCCN)cc1. The highest BCUT2D eigenvalue weighted by Gasteiger charge is 2.13. The third kappa shape index (κ3) is 3.43. The number of nitrogens with zero attached hydrogens (tertiary/aromatic N) is 1. The van der Waals surface area contributed by atoms with E-state index in [4.69, 9.17) is 5.73 Å². The lowest BCUT2D eigenvalue weighted by Crippen LogP contribution is -2.25. The summed E-state index contributed by atoms with van der Waals surface area (Å²) < 4.78 is 0. The van der Waals surface area contributed by atoms with Crippen LogP contribution < -0.4 is 10.6 Å². The van der Waals surface area contributed by atoms with Crippen molar-refractivity contribution in [3.05, 3.63) is 52.2 Å². The third-order valence-electron chi connectivity index (χ3n) is 3.03. The number of benzene rings is 1. The van der Waals surface area contributed by atoms with Gasteiger partial charge in [-0.25, -0.2) is 0 Å². The Kier molecular flexibility index (Phi) is 4.71. The molecule has 0 saturated heterocycles. The van der Waals surface area contributed by atoms with Crippen molar-refractivity contribution in [2.45, 2.75) is 12.8 Å². The molecule has 100 valence electrons. The number of nitrogens with two attached hydrogens (primary N) is 1. The lowest BCUT2D eigenvalue weighted by Gasteiger charge is -2.16. The van der Waals surface area contributed by atoms with Gasteiger partial charge in [0, 0.05) is 12.7 Å². The molecule has 1 heterocycles. The van der Waals surface area contributed by atoms with E-state index in [9.17, 15) is 4.79 Å². The molecule has 2 rings (SSSR count). The summed E-state index contributed by atoms with van der Waals surface area (Å²) in [6.45, 7) is 0.707. The van der Waals surface area contributed by atoms with Crippen LogP contribution in [0.25, 0.3) is 0 Å². The Morgan fingerprint density at radius 1 is 1.26 bits per heavy atom. The van der Waals surface area contributed by atoms with Crippen LogP contribution in [0.1, 0.15) is 21.7 Å². The summed E-state index contributed by atoms with van der Waals surface area (Å²) in [6, 6.07) is 11.8. The number of amides is 1. The minimum absolute atomic E-state index is 0.0321. The fourth-order valence-electron chi connectivity index (χ4n) is 1.88. The first kappa shape index (κ1) is 13.8. The maximum atomic E-state index is 12.2. The maximum Gasteiger partial charge on any atom is 0.268 e. The Labute approximate surface area is 117 Å². The summed E-state index contributed by atoms with van der Waals surface area (Å²) in [5.41, 5.74) is 7.66. The van der Waals surface area contributed by atoms with Gasteiger partial charge in [-0.05, 0) is 48.5 Å². The Bertz CT molecular complexity index is 520. The Balaban J connectivity index is 2.07. The number of thiophene rings is 1. The van der Waals surface area contributed by atoms with E-state index < -0.39 is 0 Å². The van der Waals surface area contributed by atoms with E-state index in [0.29, 0.717) is 6.54 Å². The third-order valence-corrected chi connectivity index (χ3v) is 3.89. The van der Waals surface area contributed by atoms with Crippen LogP contribution in [0.5, 0.6) is 0 Å².